The van der Waals surface area contributed by atoms with Crippen LogP contribution in [0.1, 0.15) is 5.56 Å². The van der Waals surface area contributed by atoms with E-state index in [0.29, 0.717) is 4.80 Å². The summed E-state index contributed by atoms with van der Waals surface area (Å²) in [6.07, 6.45) is 1.42. The van der Waals surface area contributed by atoms with Crippen LogP contribution in [-0.4, -0.2) is 26.2 Å². The molecule has 4 rings (SSSR count). The first-order valence-corrected chi connectivity index (χ1v) is 10.0. The molecule has 0 aliphatic heterocycles. The van der Waals surface area contributed by atoms with Gasteiger partial charge in [0.2, 0.25) is 10.6 Å². The molecule has 2 heterocycles. The van der Waals surface area contributed by atoms with Crippen LogP contribution < -0.4 is 4.80 Å². The van der Waals surface area contributed by atoms with Crippen molar-refractivity contribution in [3.8, 4) is 27.8 Å². The Balaban J connectivity index is 0.00000240. The Labute approximate surface area is 184 Å². The number of benzene rings is 2. The standard InChI is InChI=1S/C20H15N3O3S2.BrH/c24-16-9-8-13(18(25)19(16)26)11-21-23-15(17-7-4-10-27-17)12-28-20(23)22-14-5-2-1-3-6-14;/h1-12,24-26H;1H/b21-11+,22-20?;. The average molecular weight is 490 g/mol. The molecule has 3 N–H and O–H groups in total. The van der Waals surface area contributed by atoms with Crippen LogP contribution in [0.4, 0.5) is 5.69 Å². The van der Waals surface area contributed by atoms with E-state index < -0.39 is 17.2 Å². The van der Waals surface area contributed by atoms with Gasteiger partial charge in [-0.1, -0.05) is 24.3 Å². The van der Waals surface area contributed by atoms with E-state index in [0.717, 1.165) is 16.3 Å². The molecule has 0 amide bonds. The SMILES string of the molecule is Br.Oc1ccc(/C=N/n2c(-c3cccs3)csc2=Nc2ccccc2)c(O)c1O. The number of nitrogens with zero attached hydrogens (tertiary/aromatic N) is 3. The number of hydrogen-bond donors (Lipinski definition) is 3. The zero-order chi connectivity index (χ0) is 19.5. The van der Waals surface area contributed by atoms with E-state index in [9.17, 15) is 15.3 Å². The van der Waals surface area contributed by atoms with Crippen molar-refractivity contribution in [1.29, 1.82) is 0 Å². The van der Waals surface area contributed by atoms with Crippen molar-refractivity contribution in [1.82, 2.24) is 4.68 Å². The fraction of sp³-hybridized carbons (Fsp3) is 0. The number of hydrogen-bond acceptors (Lipinski definition) is 7. The quantitative estimate of drug-likeness (QED) is 0.275. The third kappa shape index (κ3) is 4.42. The third-order valence-corrected chi connectivity index (χ3v) is 5.62. The molecule has 2 aromatic carbocycles. The van der Waals surface area contributed by atoms with Crippen molar-refractivity contribution in [3.05, 3.63) is 75.7 Å². The number of thiazole rings is 1. The van der Waals surface area contributed by atoms with Gasteiger partial charge in [-0.25, -0.2) is 9.67 Å². The van der Waals surface area contributed by atoms with Gasteiger partial charge < -0.3 is 15.3 Å². The molecule has 29 heavy (non-hydrogen) atoms. The maximum Gasteiger partial charge on any atom is 0.211 e. The maximum atomic E-state index is 10.0. The van der Waals surface area contributed by atoms with Crippen LogP contribution in [0, 0.1) is 0 Å². The molecule has 0 aliphatic rings. The minimum Gasteiger partial charge on any atom is -0.504 e. The van der Waals surface area contributed by atoms with E-state index in [4.69, 9.17) is 0 Å². The molecule has 0 saturated heterocycles. The normalized spacial score (nSPS) is 11.7. The van der Waals surface area contributed by atoms with Gasteiger partial charge in [-0.15, -0.1) is 39.7 Å². The predicted molar refractivity (Wildman–Crippen MR) is 122 cm³/mol. The lowest BCUT2D eigenvalue weighted by Gasteiger charge is -2.04. The van der Waals surface area contributed by atoms with Gasteiger partial charge in [-0.3, -0.25) is 0 Å². The van der Waals surface area contributed by atoms with Crippen molar-refractivity contribution in [3.63, 3.8) is 0 Å². The first kappa shape index (κ1) is 20.8. The van der Waals surface area contributed by atoms with Gasteiger partial charge in [0.15, 0.2) is 11.5 Å². The first-order valence-electron chi connectivity index (χ1n) is 8.26. The van der Waals surface area contributed by atoms with Crippen molar-refractivity contribution in [2.45, 2.75) is 0 Å². The van der Waals surface area contributed by atoms with Crippen LogP contribution >= 0.6 is 39.7 Å². The number of para-hydroxylation sites is 1. The molecule has 0 unspecified atom stereocenters. The second kappa shape index (κ2) is 9.08. The lowest BCUT2D eigenvalue weighted by molar-refractivity contribution is 0.367. The molecule has 0 radical (unpaired) electrons. The van der Waals surface area contributed by atoms with Crippen molar-refractivity contribution in [2.24, 2.45) is 10.1 Å². The number of rotatable bonds is 4. The minimum atomic E-state index is -0.577. The summed E-state index contributed by atoms with van der Waals surface area (Å²) < 4.78 is 1.69. The molecule has 0 bridgehead atoms. The topological polar surface area (TPSA) is 90.3 Å². The Morgan fingerprint density at radius 1 is 0.862 bits per heavy atom. The Hall–Kier alpha value is -2.88. The third-order valence-electron chi connectivity index (χ3n) is 3.91. The fourth-order valence-electron chi connectivity index (χ4n) is 2.51. The monoisotopic (exact) mass is 489 g/mol. The molecule has 0 aliphatic carbocycles. The minimum absolute atomic E-state index is 0. The van der Waals surface area contributed by atoms with Gasteiger partial charge in [0.05, 0.1) is 22.5 Å². The Morgan fingerprint density at radius 3 is 2.38 bits per heavy atom. The number of aromatic hydroxyl groups is 3. The van der Waals surface area contributed by atoms with Crippen molar-refractivity contribution in [2.75, 3.05) is 0 Å². The van der Waals surface area contributed by atoms with E-state index >= 15 is 0 Å². The second-order valence-corrected chi connectivity index (χ2v) is 7.54. The highest BCUT2D eigenvalue weighted by atomic mass is 79.9. The number of aromatic nitrogens is 1. The molecule has 0 fully saturated rings. The summed E-state index contributed by atoms with van der Waals surface area (Å²) in [6.45, 7) is 0. The molecular weight excluding hydrogens is 474 g/mol. The highest BCUT2D eigenvalue weighted by molar-refractivity contribution is 8.93. The number of halogens is 1. The Bertz CT molecular complexity index is 1200. The van der Waals surface area contributed by atoms with E-state index in [1.807, 2.05) is 53.2 Å². The summed E-state index contributed by atoms with van der Waals surface area (Å²) in [6, 6.07) is 16.3. The smallest absolute Gasteiger partial charge is 0.211 e. The van der Waals surface area contributed by atoms with Crippen LogP contribution in [0.25, 0.3) is 10.6 Å². The van der Waals surface area contributed by atoms with Crippen LogP contribution in [0.5, 0.6) is 17.2 Å². The summed E-state index contributed by atoms with van der Waals surface area (Å²) in [5.41, 5.74) is 1.95. The van der Waals surface area contributed by atoms with Gasteiger partial charge in [0, 0.05) is 10.9 Å². The van der Waals surface area contributed by atoms with Gasteiger partial charge in [-0.2, -0.15) is 5.10 Å². The second-order valence-electron chi connectivity index (χ2n) is 5.76. The molecule has 0 atom stereocenters. The molecular formula is C20H16BrN3O3S2. The Morgan fingerprint density at radius 2 is 1.66 bits per heavy atom. The lowest BCUT2D eigenvalue weighted by Crippen LogP contribution is -2.11. The summed E-state index contributed by atoms with van der Waals surface area (Å²) in [5.74, 6) is -1.40. The van der Waals surface area contributed by atoms with Gasteiger partial charge in [-0.05, 0) is 35.7 Å². The number of phenols is 3. The predicted octanol–water partition coefficient (Wildman–Crippen LogP) is 5.09. The van der Waals surface area contributed by atoms with Crippen LogP contribution in [0.3, 0.4) is 0 Å². The van der Waals surface area contributed by atoms with Gasteiger partial charge in [0.25, 0.3) is 0 Å². The molecule has 2 aromatic heterocycles. The van der Waals surface area contributed by atoms with Crippen LogP contribution in [0.15, 0.2) is 75.5 Å². The van der Waals surface area contributed by atoms with Gasteiger partial charge in [0.1, 0.15) is 0 Å². The Kier molecular flexibility index (Phi) is 6.53. The molecule has 6 nitrogen and oxygen atoms in total. The van der Waals surface area contributed by atoms with Crippen LogP contribution in [-0.2, 0) is 0 Å². The fourth-order valence-corrected chi connectivity index (χ4v) is 4.15. The van der Waals surface area contributed by atoms with Crippen molar-refractivity contribution >= 4 is 51.6 Å². The van der Waals surface area contributed by atoms with Gasteiger partial charge >= 0.3 is 0 Å². The average Bonchev–Trinajstić information content (AvgIpc) is 3.36. The summed E-state index contributed by atoms with van der Waals surface area (Å²) in [4.78, 5) is 6.35. The van der Waals surface area contributed by atoms with E-state index in [2.05, 4.69) is 10.1 Å². The highest BCUT2D eigenvalue weighted by Crippen LogP contribution is 2.36. The molecule has 0 spiro atoms. The number of phenolic OH excluding ortho intramolecular Hbond substituents is 3. The van der Waals surface area contributed by atoms with E-state index in [-0.39, 0.29) is 22.5 Å². The molecule has 0 saturated carbocycles. The number of thiophene rings is 1. The lowest BCUT2D eigenvalue weighted by atomic mass is 10.2. The van der Waals surface area contributed by atoms with Crippen molar-refractivity contribution < 1.29 is 15.3 Å². The molecule has 148 valence electrons. The first-order chi connectivity index (χ1) is 13.6. The molecule has 9 heteroatoms. The molecule has 4 aromatic rings. The van der Waals surface area contributed by atoms with Crippen LogP contribution in [0.2, 0.25) is 0 Å². The zero-order valence-corrected chi connectivity index (χ0v) is 18.2. The summed E-state index contributed by atoms with van der Waals surface area (Å²) >= 11 is 3.04. The highest BCUT2D eigenvalue weighted by Gasteiger charge is 2.11. The maximum absolute atomic E-state index is 10.0. The summed E-state index contributed by atoms with van der Waals surface area (Å²) in [5, 5.41) is 37.7. The largest absolute Gasteiger partial charge is 0.504 e. The summed E-state index contributed by atoms with van der Waals surface area (Å²) in [7, 11) is 0. The van der Waals surface area contributed by atoms with E-state index in [1.54, 1.807) is 16.0 Å². The van der Waals surface area contributed by atoms with E-state index in [1.165, 1.54) is 29.7 Å². The zero-order valence-electron chi connectivity index (χ0n) is 14.8.